The number of hydrogen-bond acceptors (Lipinski definition) is 4. The van der Waals surface area contributed by atoms with Crippen molar-refractivity contribution in [3.05, 3.63) is 41.0 Å². The maximum Gasteiger partial charge on any atom is 0.106 e. The Morgan fingerprint density at radius 2 is 2.14 bits per heavy atom. The minimum Gasteiger partial charge on any atom is -0.346 e. The van der Waals surface area contributed by atoms with E-state index in [0.29, 0.717) is 5.92 Å². The molecule has 3 rings (SSSR count). The smallest absolute Gasteiger partial charge is 0.106 e. The summed E-state index contributed by atoms with van der Waals surface area (Å²) in [7, 11) is 0. The first-order valence-electron chi connectivity index (χ1n) is 8.21. The highest BCUT2D eigenvalue weighted by atomic mass is 15.1. The molecule has 1 aliphatic heterocycles. The molecule has 0 aromatic carbocycles. The quantitative estimate of drug-likeness (QED) is 0.943. The average Bonchev–Trinajstić information content (AvgIpc) is 2.88. The maximum absolute atomic E-state index is 4.71. The van der Waals surface area contributed by atoms with E-state index in [0.717, 1.165) is 43.3 Å². The summed E-state index contributed by atoms with van der Waals surface area (Å²) in [4.78, 5) is 19.5. The molecule has 3 heterocycles. The van der Waals surface area contributed by atoms with Crippen molar-refractivity contribution in [2.24, 2.45) is 0 Å². The number of imidazole rings is 1. The van der Waals surface area contributed by atoms with Crippen molar-refractivity contribution in [2.75, 3.05) is 13.1 Å². The van der Waals surface area contributed by atoms with Crippen molar-refractivity contribution in [3.63, 3.8) is 0 Å². The summed E-state index contributed by atoms with van der Waals surface area (Å²) < 4.78 is 0. The van der Waals surface area contributed by atoms with Crippen molar-refractivity contribution >= 4 is 0 Å². The van der Waals surface area contributed by atoms with Crippen LogP contribution in [0.1, 0.15) is 54.3 Å². The van der Waals surface area contributed by atoms with Gasteiger partial charge in [0.1, 0.15) is 5.82 Å². The number of nitrogens with one attached hydrogen (secondary N) is 1. The Hall–Kier alpha value is -1.75. The van der Waals surface area contributed by atoms with E-state index in [1.807, 2.05) is 19.3 Å². The zero-order chi connectivity index (χ0) is 15.5. The van der Waals surface area contributed by atoms with E-state index in [4.69, 9.17) is 4.98 Å². The molecule has 1 atom stereocenters. The second-order valence-electron chi connectivity index (χ2n) is 6.27. The molecule has 0 radical (unpaired) electrons. The minimum atomic E-state index is 0.492. The van der Waals surface area contributed by atoms with E-state index in [1.165, 1.54) is 24.2 Å². The second kappa shape index (κ2) is 6.57. The molecule has 1 fully saturated rings. The predicted octanol–water partition coefficient (Wildman–Crippen LogP) is 2.76. The van der Waals surface area contributed by atoms with Crippen LogP contribution in [0.15, 0.2) is 12.4 Å². The van der Waals surface area contributed by atoms with Gasteiger partial charge in [0.25, 0.3) is 0 Å². The summed E-state index contributed by atoms with van der Waals surface area (Å²) in [5.41, 5.74) is 4.53. The summed E-state index contributed by atoms with van der Waals surface area (Å²) in [5, 5.41) is 0. The van der Waals surface area contributed by atoms with E-state index in [9.17, 15) is 0 Å². The zero-order valence-corrected chi connectivity index (χ0v) is 13.8. The standard InChI is InChI=1S/C17H25N5/c1-4-17-20-13(3)16(21-17)11-22-7-5-6-14(10-22)15-9-18-8-12(2)19-15/h8-9,14H,4-7,10-11H2,1-3H3,(H,20,21). The Bertz CT molecular complexity index is 634. The number of hydrogen-bond donors (Lipinski definition) is 1. The van der Waals surface area contributed by atoms with Crippen molar-refractivity contribution in [1.29, 1.82) is 0 Å². The Balaban J connectivity index is 1.69. The summed E-state index contributed by atoms with van der Waals surface area (Å²) in [6, 6.07) is 0. The number of nitrogens with zero attached hydrogens (tertiary/aromatic N) is 4. The summed E-state index contributed by atoms with van der Waals surface area (Å²) in [6.07, 6.45) is 7.13. The Kier molecular flexibility index (Phi) is 4.52. The van der Waals surface area contributed by atoms with E-state index in [-0.39, 0.29) is 0 Å². The van der Waals surface area contributed by atoms with Crippen molar-refractivity contribution in [1.82, 2.24) is 24.8 Å². The monoisotopic (exact) mass is 299 g/mol. The molecule has 1 unspecified atom stereocenters. The summed E-state index contributed by atoms with van der Waals surface area (Å²) in [6.45, 7) is 9.38. The topological polar surface area (TPSA) is 57.7 Å². The van der Waals surface area contributed by atoms with Gasteiger partial charge in [0.2, 0.25) is 0 Å². The molecule has 118 valence electrons. The molecule has 2 aromatic rings. The Morgan fingerprint density at radius 1 is 1.27 bits per heavy atom. The van der Waals surface area contributed by atoms with Gasteiger partial charge >= 0.3 is 0 Å². The highest BCUT2D eigenvalue weighted by Gasteiger charge is 2.23. The molecule has 0 amide bonds. The molecule has 0 saturated carbocycles. The number of aryl methyl sites for hydroxylation is 3. The normalized spacial score (nSPS) is 19.5. The largest absolute Gasteiger partial charge is 0.346 e. The van der Waals surface area contributed by atoms with Crippen LogP contribution in [-0.2, 0) is 13.0 Å². The van der Waals surface area contributed by atoms with Gasteiger partial charge < -0.3 is 4.98 Å². The van der Waals surface area contributed by atoms with Crippen molar-refractivity contribution in [2.45, 2.75) is 52.5 Å². The summed E-state index contributed by atoms with van der Waals surface area (Å²) in [5.74, 6) is 1.58. The molecule has 0 aliphatic carbocycles. The molecule has 0 bridgehead atoms. The van der Waals surface area contributed by atoms with E-state index < -0.39 is 0 Å². The fourth-order valence-electron chi connectivity index (χ4n) is 3.22. The third-order valence-corrected chi connectivity index (χ3v) is 4.44. The molecule has 1 N–H and O–H groups in total. The van der Waals surface area contributed by atoms with E-state index in [2.05, 4.69) is 33.7 Å². The summed E-state index contributed by atoms with van der Waals surface area (Å²) >= 11 is 0. The van der Waals surface area contributed by atoms with Crippen LogP contribution in [0, 0.1) is 13.8 Å². The fraction of sp³-hybridized carbons (Fsp3) is 0.588. The lowest BCUT2D eigenvalue weighted by Gasteiger charge is -2.32. The molecule has 0 spiro atoms. The lowest BCUT2D eigenvalue weighted by molar-refractivity contribution is 0.196. The van der Waals surface area contributed by atoms with Gasteiger partial charge in [-0.3, -0.25) is 14.9 Å². The molecular weight excluding hydrogens is 274 g/mol. The SMILES string of the molecule is CCc1nc(CN2CCCC(c3cncc(C)n3)C2)c(C)[nH]1. The third kappa shape index (κ3) is 3.35. The van der Waals surface area contributed by atoms with E-state index >= 15 is 0 Å². The van der Waals surface area contributed by atoms with Crippen LogP contribution in [-0.4, -0.2) is 37.9 Å². The van der Waals surface area contributed by atoms with Crippen LogP contribution in [0.4, 0.5) is 0 Å². The minimum absolute atomic E-state index is 0.492. The van der Waals surface area contributed by atoms with Gasteiger partial charge in [-0.1, -0.05) is 6.92 Å². The fourth-order valence-corrected chi connectivity index (χ4v) is 3.22. The molecule has 5 nitrogen and oxygen atoms in total. The van der Waals surface area contributed by atoms with Gasteiger partial charge in [-0.25, -0.2) is 4.98 Å². The first kappa shape index (κ1) is 15.2. The molecule has 1 aliphatic rings. The Labute approximate surface area is 132 Å². The number of likely N-dealkylation sites (tertiary alicyclic amines) is 1. The van der Waals surface area contributed by atoms with Gasteiger partial charge in [0.05, 0.1) is 17.1 Å². The third-order valence-electron chi connectivity index (χ3n) is 4.44. The number of aromatic nitrogens is 4. The van der Waals surface area contributed by atoms with Gasteiger partial charge in [0, 0.05) is 43.5 Å². The first-order valence-corrected chi connectivity index (χ1v) is 8.21. The van der Waals surface area contributed by atoms with Crippen molar-refractivity contribution in [3.8, 4) is 0 Å². The predicted molar refractivity (Wildman–Crippen MR) is 86.7 cm³/mol. The second-order valence-corrected chi connectivity index (χ2v) is 6.27. The van der Waals surface area contributed by atoms with Gasteiger partial charge in [-0.15, -0.1) is 0 Å². The van der Waals surface area contributed by atoms with E-state index in [1.54, 1.807) is 0 Å². The molecule has 2 aromatic heterocycles. The number of rotatable bonds is 4. The molecule has 22 heavy (non-hydrogen) atoms. The van der Waals surface area contributed by atoms with Gasteiger partial charge in [0.15, 0.2) is 0 Å². The van der Waals surface area contributed by atoms with Gasteiger partial charge in [-0.05, 0) is 33.2 Å². The highest BCUT2D eigenvalue weighted by Crippen LogP contribution is 2.26. The lowest BCUT2D eigenvalue weighted by atomic mass is 9.95. The molecule has 1 saturated heterocycles. The van der Waals surface area contributed by atoms with Crippen LogP contribution < -0.4 is 0 Å². The number of H-pyrrole nitrogens is 1. The molecule has 5 heteroatoms. The van der Waals surface area contributed by atoms with Crippen LogP contribution in [0.5, 0.6) is 0 Å². The lowest BCUT2D eigenvalue weighted by Crippen LogP contribution is -2.34. The highest BCUT2D eigenvalue weighted by molar-refractivity contribution is 5.14. The van der Waals surface area contributed by atoms with Gasteiger partial charge in [-0.2, -0.15) is 0 Å². The van der Waals surface area contributed by atoms with Crippen LogP contribution in [0.2, 0.25) is 0 Å². The zero-order valence-electron chi connectivity index (χ0n) is 13.8. The number of piperidine rings is 1. The maximum atomic E-state index is 4.71. The average molecular weight is 299 g/mol. The van der Waals surface area contributed by atoms with Crippen LogP contribution >= 0.6 is 0 Å². The Morgan fingerprint density at radius 3 is 2.86 bits per heavy atom. The van der Waals surface area contributed by atoms with Crippen LogP contribution in [0.3, 0.4) is 0 Å². The number of aromatic amines is 1. The molecular formula is C17H25N5. The van der Waals surface area contributed by atoms with Crippen molar-refractivity contribution < 1.29 is 0 Å². The first-order chi connectivity index (χ1) is 10.7. The van der Waals surface area contributed by atoms with Crippen LogP contribution in [0.25, 0.3) is 0 Å².